The summed E-state index contributed by atoms with van der Waals surface area (Å²) in [5.41, 5.74) is 2.97. The van der Waals surface area contributed by atoms with Gasteiger partial charge in [0.05, 0.1) is 0 Å². The van der Waals surface area contributed by atoms with Gasteiger partial charge >= 0.3 is 0 Å². The molecule has 0 aromatic rings. The molecule has 0 amide bonds. The molecule has 0 spiro atoms. The first-order valence-electron chi connectivity index (χ1n) is 4.28. The summed E-state index contributed by atoms with van der Waals surface area (Å²) in [5.74, 6) is 0.291. The monoisotopic (exact) mass is 148 g/mol. The molecule has 0 aromatic carbocycles. The maximum absolute atomic E-state index is 11.0. The van der Waals surface area contributed by atoms with Crippen molar-refractivity contribution in [1.29, 1.82) is 0 Å². The highest BCUT2D eigenvalue weighted by Gasteiger charge is 2.15. The molecule has 0 radical (unpaired) electrons. The van der Waals surface area contributed by atoms with Gasteiger partial charge in [-0.1, -0.05) is 11.6 Å². The fourth-order valence-corrected chi connectivity index (χ4v) is 1.87. The number of ketones is 1. The first-order chi connectivity index (χ1) is 5.36. The second kappa shape index (κ2) is 2.65. The SMILES string of the molecule is O=C1C=CC2=C(CCC2)CC1. The summed E-state index contributed by atoms with van der Waals surface area (Å²) in [6.45, 7) is 0. The van der Waals surface area contributed by atoms with Crippen LogP contribution in [0.15, 0.2) is 23.3 Å². The number of hydrogen-bond acceptors (Lipinski definition) is 1. The largest absolute Gasteiger partial charge is 0.295 e. The average Bonchev–Trinajstić information content (AvgIpc) is 2.38. The highest BCUT2D eigenvalue weighted by Crippen LogP contribution is 2.31. The van der Waals surface area contributed by atoms with Crippen LogP contribution < -0.4 is 0 Å². The molecule has 1 heteroatoms. The van der Waals surface area contributed by atoms with Crippen LogP contribution in [0.4, 0.5) is 0 Å². The minimum absolute atomic E-state index is 0.291. The van der Waals surface area contributed by atoms with Gasteiger partial charge in [-0.2, -0.15) is 0 Å². The van der Waals surface area contributed by atoms with E-state index in [0.717, 1.165) is 12.8 Å². The Kier molecular flexibility index (Phi) is 1.65. The predicted octanol–water partition coefficient (Wildman–Crippen LogP) is 2.39. The summed E-state index contributed by atoms with van der Waals surface area (Å²) in [5, 5.41) is 0. The van der Waals surface area contributed by atoms with Crippen molar-refractivity contribution in [3.8, 4) is 0 Å². The minimum atomic E-state index is 0.291. The van der Waals surface area contributed by atoms with Gasteiger partial charge in [-0.25, -0.2) is 0 Å². The summed E-state index contributed by atoms with van der Waals surface area (Å²) in [6.07, 6.45) is 9.23. The van der Waals surface area contributed by atoms with E-state index in [-0.39, 0.29) is 0 Å². The van der Waals surface area contributed by atoms with Crippen molar-refractivity contribution in [2.45, 2.75) is 32.1 Å². The molecule has 11 heavy (non-hydrogen) atoms. The lowest BCUT2D eigenvalue weighted by molar-refractivity contribution is -0.114. The van der Waals surface area contributed by atoms with Crippen molar-refractivity contribution in [1.82, 2.24) is 0 Å². The zero-order valence-corrected chi connectivity index (χ0v) is 6.60. The molecule has 0 bridgehead atoms. The summed E-state index contributed by atoms with van der Waals surface area (Å²) in [4.78, 5) is 11.0. The number of carbonyl (C=O) groups is 1. The Balaban J connectivity index is 2.25. The zero-order chi connectivity index (χ0) is 7.68. The van der Waals surface area contributed by atoms with Crippen LogP contribution in [0.25, 0.3) is 0 Å². The van der Waals surface area contributed by atoms with Crippen LogP contribution in [0.2, 0.25) is 0 Å². The summed E-state index contributed by atoms with van der Waals surface area (Å²) >= 11 is 0. The van der Waals surface area contributed by atoms with Gasteiger partial charge in [0.2, 0.25) is 0 Å². The van der Waals surface area contributed by atoms with Crippen LogP contribution in [0, 0.1) is 0 Å². The Morgan fingerprint density at radius 2 is 1.91 bits per heavy atom. The van der Waals surface area contributed by atoms with Crippen molar-refractivity contribution < 1.29 is 4.79 Å². The molecule has 2 rings (SSSR count). The molecule has 0 fully saturated rings. The Morgan fingerprint density at radius 1 is 1.00 bits per heavy atom. The molecule has 0 N–H and O–H groups in total. The van der Waals surface area contributed by atoms with Crippen molar-refractivity contribution in [2.75, 3.05) is 0 Å². The minimum Gasteiger partial charge on any atom is -0.295 e. The molecule has 58 valence electrons. The Labute approximate surface area is 66.8 Å². The summed E-state index contributed by atoms with van der Waals surface area (Å²) < 4.78 is 0. The second-order valence-electron chi connectivity index (χ2n) is 3.28. The van der Waals surface area contributed by atoms with Gasteiger partial charge in [0.1, 0.15) is 0 Å². The fraction of sp³-hybridized carbons (Fsp3) is 0.500. The molecule has 2 aliphatic rings. The van der Waals surface area contributed by atoms with Crippen molar-refractivity contribution in [2.24, 2.45) is 0 Å². The molecule has 0 aromatic heterocycles. The zero-order valence-electron chi connectivity index (χ0n) is 6.60. The number of allylic oxidation sites excluding steroid dienone is 4. The summed E-state index contributed by atoms with van der Waals surface area (Å²) in [7, 11) is 0. The highest BCUT2D eigenvalue weighted by atomic mass is 16.1. The molecule has 0 saturated carbocycles. The van der Waals surface area contributed by atoms with E-state index in [1.54, 1.807) is 6.08 Å². The van der Waals surface area contributed by atoms with Crippen LogP contribution in [0.1, 0.15) is 32.1 Å². The van der Waals surface area contributed by atoms with Gasteiger partial charge in [0, 0.05) is 6.42 Å². The topological polar surface area (TPSA) is 17.1 Å². The highest BCUT2D eigenvalue weighted by molar-refractivity contribution is 5.90. The summed E-state index contributed by atoms with van der Waals surface area (Å²) in [6, 6.07) is 0. The van der Waals surface area contributed by atoms with Crippen molar-refractivity contribution in [3.63, 3.8) is 0 Å². The molecular weight excluding hydrogens is 136 g/mol. The third-order valence-corrected chi connectivity index (χ3v) is 2.52. The van der Waals surface area contributed by atoms with Crippen LogP contribution >= 0.6 is 0 Å². The number of hydrogen-bond donors (Lipinski definition) is 0. The van der Waals surface area contributed by atoms with Gasteiger partial charge in [0.25, 0.3) is 0 Å². The molecule has 0 unspecified atom stereocenters. The van der Waals surface area contributed by atoms with Gasteiger partial charge in [0.15, 0.2) is 5.78 Å². The van der Waals surface area contributed by atoms with Gasteiger partial charge in [-0.15, -0.1) is 0 Å². The van der Waals surface area contributed by atoms with Crippen LogP contribution in [0.3, 0.4) is 0 Å². The fourth-order valence-electron chi connectivity index (χ4n) is 1.87. The van der Waals surface area contributed by atoms with E-state index in [9.17, 15) is 4.79 Å². The lowest BCUT2D eigenvalue weighted by Gasteiger charge is -1.97. The van der Waals surface area contributed by atoms with E-state index in [1.807, 2.05) is 6.08 Å². The molecule has 0 aliphatic heterocycles. The molecular formula is C10H12O. The lowest BCUT2D eigenvalue weighted by Crippen LogP contribution is -1.90. The first-order valence-corrected chi connectivity index (χ1v) is 4.28. The normalized spacial score (nSPS) is 23.8. The van der Waals surface area contributed by atoms with E-state index >= 15 is 0 Å². The van der Waals surface area contributed by atoms with Gasteiger partial charge in [-0.3, -0.25) is 4.79 Å². The molecule has 0 saturated heterocycles. The quantitative estimate of drug-likeness (QED) is 0.515. The van der Waals surface area contributed by atoms with Crippen molar-refractivity contribution >= 4 is 5.78 Å². The standard InChI is InChI=1S/C10H12O/c11-10-6-4-8-2-1-3-9(8)5-7-10/h4,6H,1-3,5,7H2. The maximum Gasteiger partial charge on any atom is 0.156 e. The van der Waals surface area contributed by atoms with Crippen molar-refractivity contribution in [3.05, 3.63) is 23.3 Å². The Hall–Kier alpha value is -0.850. The third-order valence-electron chi connectivity index (χ3n) is 2.52. The van der Waals surface area contributed by atoms with Crippen LogP contribution in [-0.2, 0) is 4.79 Å². The number of rotatable bonds is 0. The lowest BCUT2D eigenvalue weighted by atomic mass is 10.1. The third kappa shape index (κ3) is 1.28. The molecule has 2 aliphatic carbocycles. The average molecular weight is 148 g/mol. The van der Waals surface area contributed by atoms with E-state index < -0.39 is 0 Å². The predicted molar refractivity (Wildman–Crippen MR) is 44.3 cm³/mol. The second-order valence-corrected chi connectivity index (χ2v) is 3.28. The number of carbonyl (C=O) groups excluding carboxylic acids is 1. The smallest absolute Gasteiger partial charge is 0.156 e. The maximum atomic E-state index is 11.0. The van der Waals surface area contributed by atoms with E-state index in [1.165, 1.54) is 30.4 Å². The molecule has 0 heterocycles. The Bertz CT molecular complexity index is 246. The van der Waals surface area contributed by atoms with E-state index in [4.69, 9.17) is 0 Å². The van der Waals surface area contributed by atoms with E-state index in [2.05, 4.69) is 0 Å². The first kappa shape index (κ1) is 6.84. The molecule has 0 atom stereocenters. The Morgan fingerprint density at radius 3 is 2.82 bits per heavy atom. The van der Waals surface area contributed by atoms with Gasteiger partial charge < -0.3 is 0 Å². The van der Waals surface area contributed by atoms with Crippen LogP contribution in [-0.4, -0.2) is 5.78 Å². The molecule has 1 nitrogen and oxygen atoms in total. The van der Waals surface area contributed by atoms with E-state index in [0.29, 0.717) is 5.78 Å². The van der Waals surface area contributed by atoms with Crippen LogP contribution in [0.5, 0.6) is 0 Å². The van der Waals surface area contributed by atoms with Gasteiger partial charge in [-0.05, 0) is 37.3 Å².